The fraction of sp³-hybridized carbons (Fsp3) is 0.364. The topological polar surface area (TPSA) is 55.6 Å². The first-order chi connectivity index (χ1) is 7.72. The molecule has 0 aromatic heterocycles. The van der Waals surface area contributed by atoms with Crippen LogP contribution < -0.4 is 10.6 Å². The second-order valence-corrected chi connectivity index (χ2v) is 3.66. The number of carbonyl (C=O) groups is 1. The third-order valence-corrected chi connectivity index (χ3v) is 2.55. The van der Waals surface area contributed by atoms with E-state index in [1.807, 2.05) is 0 Å². The summed E-state index contributed by atoms with van der Waals surface area (Å²) in [4.78, 5) is 13.0. The van der Waals surface area contributed by atoms with E-state index in [2.05, 4.69) is 0 Å². The molecule has 2 N–H and O–H groups in total. The standard InChI is InChI=1S/C11H13FN2O2/c12-8-2-1-3-9(6-8)14-10(4-5-13)7-16-11(14)15/h1-3,6,10H,4-5,7,13H2. The summed E-state index contributed by atoms with van der Waals surface area (Å²) >= 11 is 0. The van der Waals surface area contributed by atoms with Gasteiger partial charge in [-0.05, 0) is 31.2 Å². The normalized spacial score (nSPS) is 20.0. The molecule has 16 heavy (non-hydrogen) atoms. The predicted molar refractivity (Wildman–Crippen MR) is 57.7 cm³/mol. The number of amides is 1. The van der Waals surface area contributed by atoms with Crippen molar-refractivity contribution in [3.8, 4) is 0 Å². The van der Waals surface area contributed by atoms with E-state index in [0.717, 1.165) is 0 Å². The molecule has 1 aromatic carbocycles. The molecule has 1 fully saturated rings. The van der Waals surface area contributed by atoms with Gasteiger partial charge in [0, 0.05) is 0 Å². The molecule has 0 saturated carbocycles. The largest absolute Gasteiger partial charge is 0.447 e. The van der Waals surface area contributed by atoms with Gasteiger partial charge in [0.05, 0.1) is 11.7 Å². The number of carbonyl (C=O) groups excluding carboxylic acids is 1. The molecule has 5 heteroatoms. The molecule has 1 atom stereocenters. The second-order valence-electron chi connectivity index (χ2n) is 3.66. The van der Waals surface area contributed by atoms with Crippen LogP contribution >= 0.6 is 0 Å². The van der Waals surface area contributed by atoms with Crippen LogP contribution in [0, 0.1) is 5.82 Å². The van der Waals surface area contributed by atoms with Crippen LogP contribution in [0.25, 0.3) is 0 Å². The molecule has 1 heterocycles. The van der Waals surface area contributed by atoms with Gasteiger partial charge in [-0.1, -0.05) is 6.07 Å². The number of nitrogens with zero attached hydrogens (tertiary/aromatic N) is 1. The molecule has 0 bridgehead atoms. The molecule has 1 amide bonds. The Kier molecular flexibility index (Phi) is 3.05. The zero-order valence-corrected chi connectivity index (χ0v) is 8.73. The quantitative estimate of drug-likeness (QED) is 0.846. The van der Waals surface area contributed by atoms with Gasteiger partial charge < -0.3 is 10.5 Å². The fourth-order valence-electron chi connectivity index (χ4n) is 1.81. The Balaban J connectivity index is 2.26. The number of benzene rings is 1. The monoisotopic (exact) mass is 224 g/mol. The van der Waals surface area contributed by atoms with E-state index >= 15 is 0 Å². The average molecular weight is 224 g/mol. The van der Waals surface area contributed by atoms with Gasteiger partial charge in [-0.15, -0.1) is 0 Å². The van der Waals surface area contributed by atoms with Gasteiger partial charge in [0.1, 0.15) is 12.4 Å². The van der Waals surface area contributed by atoms with Crippen LogP contribution in [0.2, 0.25) is 0 Å². The number of hydrogen-bond acceptors (Lipinski definition) is 3. The third-order valence-electron chi connectivity index (χ3n) is 2.55. The molecule has 1 unspecified atom stereocenters. The molecule has 1 aliphatic rings. The Morgan fingerprint density at radius 1 is 1.56 bits per heavy atom. The van der Waals surface area contributed by atoms with Crippen molar-refractivity contribution in [2.24, 2.45) is 5.73 Å². The van der Waals surface area contributed by atoms with Gasteiger partial charge in [-0.3, -0.25) is 4.90 Å². The summed E-state index contributed by atoms with van der Waals surface area (Å²) in [6.07, 6.45) is 0.200. The average Bonchev–Trinajstić information content (AvgIpc) is 2.60. The van der Waals surface area contributed by atoms with Crippen molar-refractivity contribution < 1.29 is 13.9 Å². The van der Waals surface area contributed by atoms with E-state index in [4.69, 9.17) is 10.5 Å². The number of cyclic esters (lactones) is 1. The third kappa shape index (κ3) is 1.99. The summed E-state index contributed by atoms with van der Waals surface area (Å²) in [6, 6.07) is 5.80. The second kappa shape index (κ2) is 4.49. The van der Waals surface area contributed by atoms with Crippen LogP contribution in [0.5, 0.6) is 0 Å². The molecule has 1 aromatic rings. The molecule has 1 aliphatic heterocycles. The summed E-state index contributed by atoms with van der Waals surface area (Å²) in [6.45, 7) is 0.777. The van der Waals surface area contributed by atoms with E-state index in [1.54, 1.807) is 12.1 Å². The lowest BCUT2D eigenvalue weighted by Gasteiger charge is -2.20. The van der Waals surface area contributed by atoms with Crippen molar-refractivity contribution in [2.75, 3.05) is 18.1 Å². The molecule has 2 rings (SSSR count). The lowest BCUT2D eigenvalue weighted by Crippen LogP contribution is -2.35. The highest BCUT2D eigenvalue weighted by atomic mass is 19.1. The van der Waals surface area contributed by atoms with Crippen LogP contribution in [-0.2, 0) is 4.74 Å². The van der Waals surface area contributed by atoms with Crippen LogP contribution in [0.1, 0.15) is 6.42 Å². The van der Waals surface area contributed by atoms with E-state index in [-0.39, 0.29) is 11.9 Å². The number of anilines is 1. The summed E-state index contributed by atoms with van der Waals surface area (Å²) in [5, 5.41) is 0. The van der Waals surface area contributed by atoms with Gasteiger partial charge >= 0.3 is 6.09 Å². The lowest BCUT2D eigenvalue weighted by molar-refractivity contribution is 0.178. The van der Waals surface area contributed by atoms with E-state index in [1.165, 1.54) is 17.0 Å². The zero-order valence-electron chi connectivity index (χ0n) is 8.73. The van der Waals surface area contributed by atoms with Crippen LogP contribution in [0.3, 0.4) is 0 Å². The van der Waals surface area contributed by atoms with E-state index in [9.17, 15) is 9.18 Å². The van der Waals surface area contributed by atoms with Gasteiger partial charge in [0.2, 0.25) is 0 Å². The molecular weight excluding hydrogens is 211 g/mol. The Labute approximate surface area is 92.8 Å². The van der Waals surface area contributed by atoms with Crippen molar-refractivity contribution in [3.63, 3.8) is 0 Å². The minimum absolute atomic E-state index is 0.0979. The van der Waals surface area contributed by atoms with Crippen molar-refractivity contribution in [1.82, 2.24) is 0 Å². The van der Waals surface area contributed by atoms with E-state index < -0.39 is 6.09 Å². The molecule has 4 nitrogen and oxygen atoms in total. The molecular formula is C11H13FN2O2. The summed E-state index contributed by atoms with van der Waals surface area (Å²) < 4.78 is 18.0. The van der Waals surface area contributed by atoms with Crippen molar-refractivity contribution >= 4 is 11.8 Å². The molecule has 86 valence electrons. The summed E-state index contributed by atoms with van der Waals surface area (Å²) in [5.74, 6) is -0.372. The Hall–Kier alpha value is -1.62. The first-order valence-corrected chi connectivity index (χ1v) is 5.14. The molecule has 1 saturated heterocycles. The van der Waals surface area contributed by atoms with Crippen LogP contribution in [-0.4, -0.2) is 25.3 Å². The molecule has 0 spiro atoms. The number of halogens is 1. The Morgan fingerprint density at radius 3 is 3.06 bits per heavy atom. The number of hydrogen-bond donors (Lipinski definition) is 1. The van der Waals surface area contributed by atoms with Gasteiger partial charge in [0.25, 0.3) is 0 Å². The SMILES string of the molecule is NCCC1COC(=O)N1c1cccc(F)c1. The van der Waals surface area contributed by atoms with E-state index in [0.29, 0.717) is 25.3 Å². The molecule has 0 aliphatic carbocycles. The highest BCUT2D eigenvalue weighted by Crippen LogP contribution is 2.24. The highest BCUT2D eigenvalue weighted by molar-refractivity contribution is 5.90. The van der Waals surface area contributed by atoms with Crippen molar-refractivity contribution in [1.29, 1.82) is 0 Å². The first-order valence-electron chi connectivity index (χ1n) is 5.14. The maximum Gasteiger partial charge on any atom is 0.414 e. The number of nitrogens with two attached hydrogens (primary N) is 1. The maximum absolute atomic E-state index is 13.1. The zero-order chi connectivity index (χ0) is 11.5. The number of rotatable bonds is 3. The fourth-order valence-corrected chi connectivity index (χ4v) is 1.81. The van der Waals surface area contributed by atoms with Crippen LogP contribution in [0.4, 0.5) is 14.9 Å². The van der Waals surface area contributed by atoms with Crippen molar-refractivity contribution in [3.05, 3.63) is 30.1 Å². The lowest BCUT2D eigenvalue weighted by atomic mass is 10.2. The first kappa shape index (κ1) is 10.9. The maximum atomic E-state index is 13.1. The summed E-state index contributed by atoms with van der Waals surface area (Å²) in [7, 11) is 0. The highest BCUT2D eigenvalue weighted by Gasteiger charge is 2.33. The number of ether oxygens (including phenoxy) is 1. The van der Waals surface area contributed by atoms with Gasteiger partial charge in [-0.2, -0.15) is 0 Å². The summed E-state index contributed by atoms with van der Waals surface area (Å²) in [5.41, 5.74) is 5.97. The minimum atomic E-state index is -0.441. The van der Waals surface area contributed by atoms with Crippen molar-refractivity contribution in [2.45, 2.75) is 12.5 Å². The predicted octanol–water partition coefficient (Wildman–Crippen LogP) is 1.50. The van der Waals surface area contributed by atoms with Gasteiger partial charge in [0.15, 0.2) is 0 Å². The Bertz CT molecular complexity index is 397. The minimum Gasteiger partial charge on any atom is -0.447 e. The Morgan fingerprint density at radius 2 is 2.38 bits per heavy atom. The van der Waals surface area contributed by atoms with Gasteiger partial charge in [-0.25, -0.2) is 9.18 Å². The molecule has 0 radical (unpaired) electrons. The van der Waals surface area contributed by atoms with Crippen LogP contribution in [0.15, 0.2) is 24.3 Å². The smallest absolute Gasteiger partial charge is 0.414 e.